The van der Waals surface area contributed by atoms with Gasteiger partial charge in [0.05, 0.1) is 14.2 Å². The Kier molecular flexibility index (Phi) is 4.23. The molecule has 1 unspecified atom stereocenters. The normalized spacial score (nSPS) is 12.2. The lowest BCUT2D eigenvalue weighted by molar-refractivity contribution is -0.150. The van der Waals surface area contributed by atoms with Gasteiger partial charge in [0.25, 0.3) is 0 Å². The van der Waals surface area contributed by atoms with Crippen LogP contribution in [0.2, 0.25) is 0 Å². The molecule has 112 valence electrons. The van der Waals surface area contributed by atoms with Crippen LogP contribution >= 0.6 is 0 Å². The second-order valence-electron chi connectivity index (χ2n) is 4.40. The highest BCUT2D eigenvalue weighted by Crippen LogP contribution is 2.25. The van der Waals surface area contributed by atoms with Gasteiger partial charge in [-0.3, -0.25) is 0 Å². The number of nitrogens with one attached hydrogen (secondary N) is 1. The molecule has 0 saturated heterocycles. The van der Waals surface area contributed by atoms with Crippen molar-refractivity contribution in [1.82, 2.24) is 4.98 Å². The zero-order valence-electron chi connectivity index (χ0n) is 11.5. The molecule has 2 rings (SSSR count). The van der Waals surface area contributed by atoms with Gasteiger partial charge in [0, 0.05) is 17.3 Å². The third kappa shape index (κ3) is 2.87. The van der Waals surface area contributed by atoms with E-state index in [1.54, 1.807) is 0 Å². The maximum Gasteiger partial charge on any atom is 0.354 e. The van der Waals surface area contributed by atoms with E-state index in [2.05, 4.69) is 14.5 Å². The molecular formula is C14H14FNO5. The first-order valence-electron chi connectivity index (χ1n) is 6.12. The minimum atomic E-state index is -1.46. The number of esters is 2. The van der Waals surface area contributed by atoms with Gasteiger partial charge in [-0.25, -0.2) is 14.0 Å². The second-order valence-corrected chi connectivity index (χ2v) is 4.40. The molecule has 1 heterocycles. The SMILES string of the molecule is COC(=O)c1[nH]c2ccc(F)cc2c1CC(O)C(=O)OC. The number of carbonyl (C=O) groups excluding carboxylic acids is 2. The van der Waals surface area contributed by atoms with Crippen molar-refractivity contribution in [2.24, 2.45) is 0 Å². The quantitative estimate of drug-likeness (QED) is 0.827. The van der Waals surface area contributed by atoms with Gasteiger partial charge >= 0.3 is 11.9 Å². The molecule has 0 amide bonds. The lowest BCUT2D eigenvalue weighted by atomic mass is 10.0. The van der Waals surface area contributed by atoms with Crippen LogP contribution in [-0.2, 0) is 20.7 Å². The van der Waals surface area contributed by atoms with Crippen LogP contribution in [0.15, 0.2) is 18.2 Å². The largest absolute Gasteiger partial charge is 0.467 e. The fourth-order valence-corrected chi connectivity index (χ4v) is 2.12. The van der Waals surface area contributed by atoms with Crippen LogP contribution in [0.5, 0.6) is 0 Å². The first kappa shape index (κ1) is 15.0. The van der Waals surface area contributed by atoms with Crippen LogP contribution in [-0.4, -0.2) is 42.4 Å². The van der Waals surface area contributed by atoms with Crippen molar-refractivity contribution in [1.29, 1.82) is 0 Å². The lowest BCUT2D eigenvalue weighted by Gasteiger charge is -2.09. The fourth-order valence-electron chi connectivity index (χ4n) is 2.12. The van der Waals surface area contributed by atoms with Gasteiger partial charge in [-0.2, -0.15) is 0 Å². The molecule has 0 aliphatic heterocycles. The Hall–Kier alpha value is -2.41. The van der Waals surface area contributed by atoms with E-state index in [1.165, 1.54) is 25.3 Å². The topological polar surface area (TPSA) is 88.6 Å². The van der Waals surface area contributed by atoms with Gasteiger partial charge in [0.15, 0.2) is 6.10 Å². The third-order valence-electron chi connectivity index (χ3n) is 3.13. The fraction of sp³-hybridized carbons (Fsp3) is 0.286. The molecule has 1 aromatic carbocycles. The highest BCUT2D eigenvalue weighted by Gasteiger charge is 2.24. The Bertz CT molecular complexity index is 694. The Morgan fingerprint density at radius 3 is 2.67 bits per heavy atom. The molecule has 0 saturated carbocycles. The summed E-state index contributed by atoms with van der Waals surface area (Å²) in [5.74, 6) is -2.00. The monoisotopic (exact) mass is 295 g/mol. The van der Waals surface area contributed by atoms with Crippen molar-refractivity contribution in [3.8, 4) is 0 Å². The molecule has 0 aliphatic carbocycles. The third-order valence-corrected chi connectivity index (χ3v) is 3.13. The van der Waals surface area contributed by atoms with E-state index < -0.39 is 23.9 Å². The molecule has 0 spiro atoms. The van der Waals surface area contributed by atoms with Crippen molar-refractivity contribution < 1.29 is 28.6 Å². The summed E-state index contributed by atoms with van der Waals surface area (Å²) in [6, 6.07) is 3.92. The average molecular weight is 295 g/mol. The van der Waals surface area contributed by atoms with E-state index in [0.29, 0.717) is 16.5 Å². The minimum absolute atomic E-state index is 0.0704. The number of hydrogen-bond acceptors (Lipinski definition) is 5. The molecule has 0 fully saturated rings. The molecule has 21 heavy (non-hydrogen) atoms. The van der Waals surface area contributed by atoms with Crippen LogP contribution in [0.4, 0.5) is 4.39 Å². The second kappa shape index (κ2) is 5.92. The Labute approximate surface area is 119 Å². The number of fused-ring (bicyclic) bond motifs is 1. The van der Waals surface area contributed by atoms with Gasteiger partial charge in [-0.05, 0) is 23.8 Å². The van der Waals surface area contributed by atoms with Crippen molar-refractivity contribution in [2.45, 2.75) is 12.5 Å². The smallest absolute Gasteiger partial charge is 0.354 e. The standard InChI is InChI=1S/C14H14FNO5/c1-20-13(18)11(17)6-9-8-5-7(15)3-4-10(8)16-12(9)14(19)21-2/h3-5,11,16-17H,6H2,1-2H3. The minimum Gasteiger partial charge on any atom is -0.467 e. The summed E-state index contributed by atoms with van der Waals surface area (Å²) in [4.78, 5) is 25.9. The summed E-state index contributed by atoms with van der Waals surface area (Å²) in [6.07, 6.45) is -1.65. The van der Waals surface area contributed by atoms with E-state index in [9.17, 15) is 19.1 Å². The van der Waals surface area contributed by atoms with E-state index in [4.69, 9.17) is 0 Å². The summed E-state index contributed by atoms with van der Waals surface area (Å²) >= 11 is 0. The van der Waals surface area contributed by atoms with Gasteiger partial charge in [0.2, 0.25) is 0 Å². The zero-order chi connectivity index (χ0) is 15.6. The van der Waals surface area contributed by atoms with Crippen molar-refractivity contribution in [3.63, 3.8) is 0 Å². The van der Waals surface area contributed by atoms with Crippen LogP contribution in [0.1, 0.15) is 16.1 Å². The number of ether oxygens (including phenoxy) is 2. The Morgan fingerprint density at radius 1 is 1.33 bits per heavy atom. The Balaban J connectivity index is 2.54. The number of benzene rings is 1. The van der Waals surface area contributed by atoms with E-state index in [0.717, 1.165) is 7.11 Å². The number of carbonyl (C=O) groups is 2. The maximum absolute atomic E-state index is 13.4. The summed E-state index contributed by atoms with van der Waals surface area (Å²) in [5, 5.41) is 10.2. The molecule has 0 radical (unpaired) electrons. The number of aromatic amines is 1. The number of aliphatic hydroxyl groups excluding tert-OH is 1. The molecule has 1 aromatic heterocycles. The van der Waals surface area contributed by atoms with Crippen LogP contribution in [0.3, 0.4) is 0 Å². The van der Waals surface area contributed by atoms with E-state index in [1.807, 2.05) is 0 Å². The summed E-state index contributed by atoms with van der Waals surface area (Å²) in [7, 11) is 2.34. The number of hydrogen-bond donors (Lipinski definition) is 2. The van der Waals surface area contributed by atoms with Crippen LogP contribution in [0, 0.1) is 5.82 Å². The molecule has 6 nitrogen and oxygen atoms in total. The predicted molar refractivity (Wildman–Crippen MR) is 71.3 cm³/mol. The predicted octanol–water partition coefficient (Wildman–Crippen LogP) is 1.17. The van der Waals surface area contributed by atoms with Crippen LogP contribution < -0.4 is 0 Å². The first-order valence-corrected chi connectivity index (χ1v) is 6.12. The van der Waals surface area contributed by atoms with Gasteiger partial charge in [0.1, 0.15) is 11.5 Å². The van der Waals surface area contributed by atoms with Crippen molar-refractivity contribution >= 4 is 22.8 Å². The number of aliphatic hydroxyl groups is 1. The van der Waals surface area contributed by atoms with Crippen LogP contribution in [0.25, 0.3) is 10.9 Å². The molecule has 0 aliphatic rings. The molecule has 0 bridgehead atoms. The number of H-pyrrole nitrogens is 1. The summed E-state index contributed by atoms with van der Waals surface area (Å²) in [5.41, 5.74) is 0.874. The van der Waals surface area contributed by atoms with Crippen molar-refractivity contribution in [2.75, 3.05) is 14.2 Å². The van der Waals surface area contributed by atoms with E-state index in [-0.39, 0.29) is 12.1 Å². The summed E-state index contributed by atoms with van der Waals surface area (Å²) < 4.78 is 22.5. The zero-order valence-corrected chi connectivity index (χ0v) is 11.5. The molecule has 7 heteroatoms. The average Bonchev–Trinajstić information content (AvgIpc) is 2.83. The molecule has 1 atom stereocenters. The van der Waals surface area contributed by atoms with Gasteiger partial charge < -0.3 is 19.6 Å². The lowest BCUT2D eigenvalue weighted by Crippen LogP contribution is -2.25. The van der Waals surface area contributed by atoms with Gasteiger partial charge in [-0.15, -0.1) is 0 Å². The van der Waals surface area contributed by atoms with Gasteiger partial charge in [-0.1, -0.05) is 0 Å². The molecule has 2 aromatic rings. The molecule has 2 N–H and O–H groups in total. The highest BCUT2D eigenvalue weighted by atomic mass is 19.1. The first-order chi connectivity index (χ1) is 9.97. The molecular weight excluding hydrogens is 281 g/mol. The number of rotatable bonds is 4. The summed E-state index contributed by atoms with van der Waals surface area (Å²) in [6.45, 7) is 0. The van der Waals surface area contributed by atoms with Crippen molar-refractivity contribution in [3.05, 3.63) is 35.3 Å². The number of halogens is 1. The maximum atomic E-state index is 13.4. The number of aromatic nitrogens is 1. The number of methoxy groups -OCH3 is 2. The highest BCUT2D eigenvalue weighted by molar-refractivity contribution is 5.98. The Morgan fingerprint density at radius 2 is 2.05 bits per heavy atom. The van der Waals surface area contributed by atoms with E-state index >= 15 is 0 Å².